The summed E-state index contributed by atoms with van der Waals surface area (Å²) in [4.78, 5) is 2.24. The van der Waals surface area contributed by atoms with Crippen LogP contribution in [0.1, 0.15) is 17.0 Å². The highest BCUT2D eigenvalue weighted by molar-refractivity contribution is 9.10. The summed E-state index contributed by atoms with van der Waals surface area (Å²) in [5.74, 6) is 0.972. The maximum absolute atomic E-state index is 4.11. The molecule has 1 aromatic carbocycles. The molecular weight excluding hydrogens is 292 g/mol. The summed E-state index contributed by atoms with van der Waals surface area (Å²) in [5.41, 5.74) is 2.61. The first-order valence-corrected chi connectivity index (χ1v) is 6.55. The van der Waals surface area contributed by atoms with E-state index >= 15 is 0 Å². The number of benzene rings is 1. The van der Waals surface area contributed by atoms with Crippen LogP contribution < -0.4 is 0 Å². The lowest BCUT2D eigenvalue weighted by Gasteiger charge is -2.24. The third-order valence-electron chi connectivity index (χ3n) is 3.10. The van der Waals surface area contributed by atoms with E-state index in [0.717, 1.165) is 23.4 Å². The summed E-state index contributed by atoms with van der Waals surface area (Å²) < 4.78 is 3.07. The molecule has 0 saturated carbocycles. The number of hydrogen-bond acceptors (Lipinski definition) is 3. The van der Waals surface area contributed by atoms with Crippen molar-refractivity contribution in [3.8, 4) is 0 Å². The summed E-state index contributed by atoms with van der Waals surface area (Å²) in [6, 6.07) is 6.39. The molecule has 4 nitrogen and oxygen atoms in total. The molecule has 5 heteroatoms. The number of aromatic nitrogens is 3. The predicted molar refractivity (Wildman–Crippen MR) is 73.4 cm³/mol. The number of fused-ring (bicyclic) bond motifs is 1. The number of hydrogen-bond donors (Lipinski definition) is 0. The minimum absolute atomic E-state index is 0.780. The standard InChI is InChI=1S/C13H13BrN4/c1-17-9-15-16-13(17)8-18-5-4-10-6-12(14)3-2-11(10)7-18/h2-6,9H,7-8H2,1H3. The Balaban J connectivity index is 1.80. The summed E-state index contributed by atoms with van der Waals surface area (Å²) in [7, 11) is 1.97. The molecule has 2 heterocycles. The van der Waals surface area contributed by atoms with Gasteiger partial charge in [-0.2, -0.15) is 0 Å². The summed E-state index contributed by atoms with van der Waals surface area (Å²) in [6.07, 6.45) is 5.98. The van der Waals surface area contributed by atoms with Crippen LogP contribution in [0.2, 0.25) is 0 Å². The maximum atomic E-state index is 4.11. The Labute approximate surface area is 114 Å². The van der Waals surface area contributed by atoms with Crippen LogP contribution in [0, 0.1) is 0 Å². The van der Waals surface area contributed by atoms with E-state index in [1.54, 1.807) is 6.33 Å². The highest BCUT2D eigenvalue weighted by Crippen LogP contribution is 2.24. The van der Waals surface area contributed by atoms with Gasteiger partial charge < -0.3 is 9.47 Å². The van der Waals surface area contributed by atoms with E-state index in [2.05, 4.69) is 61.5 Å². The van der Waals surface area contributed by atoms with E-state index in [1.807, 2.05) is 11.6 Å². The largest absolute Gasteiger partial charge is 0.366 e. The fourth-order valence-corrected chi connectivity index (χ4v) is 2.44. The van der Waals surface area contributed by atoms with Crippen LogP contribution in [-0.2, 0) is 20.1 Å². The highest BCUT2D eigenvalue weighted by atomic mass is 79.9. The lowest BCUT2D eigenvalue weighted by Crippen LogP contribution is -2.21. The van der Waals surface area contributed by atoms with Crippen LogP contribution in [-0.4, -0.2) is 19.7 Å². The Kier molecular flexibility index (Phi) is 2.91. The van der Waals surface area contributed by atoms with Gasteiger partial charge in [0.25, 0.3) is 0 Å². The second-order valence-electron chi connectivity index (χ2n) is 4.42. The molecule has 0 N–H and O–H groups in total. The van der Waals surface area contributed by atoms with Crippen molar-refractivity contribution < 1.29 is 0 Å². The van der Waals surface area contributed by atoms with Gasteiger partial charge in [-0.3, -0.25) is 0 Å². The van der Waals surface area contributed by atoms with Crippen molar-refractivity contribution >= 4 is 22.0 Å². The van der Waals surface area contributed by atoms with Crippen LogP contribution in [0.25, 0.3) is 6.08 Å². The highest BCUT2D eigenvalue weighted by Gasteiger charge is 2.12. The molecule has 1 aromatic heterocycles. The van der Waals surface area contributed by atoms with Crippen molar-refractivity contribution in [1.29, 1.82) is 0 Å². The summed E-state index contributed by atoms with van der Waals surface area (Å²) >= 11 is 3.49. The van der Waals surface area contributed by atoms with Gasteiger partial charge in [0.1, 0.15) is 6.33 Å². The molecular formula is C13H13BrN4. The normalized spacial score (nSPS) is 13.8. The molecule has 1 aliphatic heterocycles. The van der Waals surface area contributed by atoms with Gasteiger partial charge in [-0.1, -0.05) is 22.0 Å². The third-order valence-corrected chi connectivity index (χ3v) is 3.59. The molecule has 0 saturated heterocycles. The minimum atomic E-state index is 0.780. The molecule has 0 amide bonds. The lowest BCUT2D eigenvalue weighted by atomic mass is 10.0. The topological polar surface area (TPSA) is 34.0 Å². The second kappa shape index (κ2) is 4.57. The van der Waals surface area contributed by atoms with Crippen molar-refractivity contribution in [3.05, 3.63) is 52.2 Å². The smallest absolute Gasteiger partial charge is 0.152 e. The van der Waals surface area contributed by atoms with Crippen molar-refractivity contribution in [2.45, 2.75) is 13.1 Å². The zero-order valence-corrected chi connectivity index (χ0v) is 11.6. The van der Waals surface area contributed by atoms with Crippen LogP contribution >= 0.6 is 15.9 Å². The molecule has 92 valence electrons. The molecule has 0 unspecified atom stereocenters. The Morgan fingerprint density at radius 2 is 2.28 bits per heavy atom. The number of rotatable bonds is 2. The third kappa shape index (κ3) is 2.18. The molecule has 1 aliphatic rings. The van der Waals surface area contributed by atoms with Gasteiger partial charge in [0.05, 0.1) is 6.54 Å². The van der Waals surface area contributed by atoms with E-state index in [9.17, 15) is 0 Å². The van der Waals surface area contributed by atoms with Gasteiger partial charge in [0.2, 0.25) is 0 Å². The quantitative estimate of drug-likeness (QED) is 0.855. The molecule has 0 bridgehead atoms. The van der Waals surface area contributed by atoms with Gasteiger partial charge in [-0.05, 0) is 29.3 Å². The average Bonchev–Trinajstić information content (AvgIpc) is 2.75. The first kappa shape index (κ1) is 11.5. The molecule has 0 aliphatic carbocycles. The molecule has 18 heavy (non-hydrogen) atoms. The van der Waals surface area contributed by atoms with E-state index in [4.69, 9.17) is 0 Å². The zero-order valence-electron chi connectivity index (χ0n) is 10.0. The Morgan fingerprint density at radius 1 is 1.39 bits per heavy atom. The Hall–Kier alpha value is -1.62. The fourth-order valence-electron chi connectivity index (χ4n) is 2.06. The van der Waals surface area contributed by atoms with Crippen molar-refractivity contribution in [1.82, 2.24) is 19.7 Å². The van der Waals surface area contributed by atoms with Gasteiger partial charge in [-0.25, -0.2) is 0 Å². The van der Waals surface area contributed by atoms with E-state index in [0.29, 0.717) is 0 Å². The summed E-state index contributed by atoms with van der Waals surface area (Å²) in [5, 5.41) is 8.01. The first-order chi connectivity index (χ1) is 8.72. The van der Waals surface area contributed by atoms with E-state index in [1.165, 1.54) is 11.1 Å². The maximum Gasteiger partial charge on any atom is 0.152 e. The van der Waals surface area contributed by atoms with Crippen molar-refractivity contribution in [2.75, 3.05) is 0 Å². The zero-order chi connectivity index (χ0) is 12.5. The van der Waals surface area contributed by atoms with Gasteiger partial charge in [-0.15, -0.1) is 10.2 Å². The van der Waals surface area contributed by atoms with Crippen molar-refractivity contribution in [2.24, 2.45) is 7.05 Å². The van der Waals surface area contributed by atoms with Crippen LogP contribution in [0.5, 0.6) is 0 Å². The Morgan fingerprint density at radius 3 is 3.06 bits per heavy atom. The van der Waals surface area contributed by atoms with Gasteiger partial charge in [0, 0.05) is 24.3 Å². The molecule has 0 fully saturated rings. The van der Waals surface area contributed by atoms with Gasteiger partial charge in [0.15, 0.2) is 5.82 Å². The van der Waals surface area contributed by atoms with Crippen LogP contribution in [0.3, 0.4) is 0 Å². The first-order valence-electron chi connectivity index (χ1n) is 5.76. The summed E-state index contributed by atoms with van der Waals surface area (Å²) in [6.45, 7) is 1.69. The number of halogens is 1. The number of nitrogens with zero attached hydrogens (tertiary/aromatic N) is 4. The minimum Gasteiger partial charge on any atom is -0.366 e. The van der Waals surface area contributed by atoms with Gasteiger partial charge >= 0.3 is 0 Å². The molecule has 2 aromatic rings. The average molecular weight is 305 g/mol. The molecule has 0 spiro atoms. The Bertz CT molecular complexity index is 603. The monoisotopic (exact) mass is 304 g/mol. The molecule has 0 radical (unpaired) electrons. The molecule has 3 rings (SSSR count). The van der Waals surface area contributed by atoms with Crippen LogP contribution in [0.4, 0.5) is 0 Å². The van der Waals surface area contributed by atoms with Crippen LogP contribution in [0.15, 0.2) is 35.2 Å². The van der Waals surface area contributed by atoms with Crippen molar-refractivity contribution in [3.63, 3.8) is 0 Å². The van der Waals surface area contributed by atoms with E-state index < -0.39 is 0 Å². The number of aryl methyl sites for hydroxylation is 1. The van der Waals surface area contributed by atoms with E-state index in [-0.39, 0.29) is 0 Å². The second-order valence-corrected chi connectivity index (χ2v) is 5.34. The lowest BCUT2D eigenvalue weighted by molar-refractivity contribution is 0.345. The SMILES string of the molecule is Cn1cnnc1CN1C=Cc2cc(Br)ccc2C1. The molecule has 0 atom stereocenters. The fraction of sp³-hybridized carbons (Fsp3) is 0.231. The predicted octanol–water partition coefficient (Wildman–Crippen LogP) is 2.56.